The fourth-order valence-electron chi connectivity index (χ4n) is 7.52. The number of aromatic nitrogens is 4. The van der Waals surface area contributed by atoms with Crippen molar-refractivity contribution >= 4 is 6.20 Å². The van der Waals surface area contributed by atoms with E-state index >= 15 is 0 Å². The summed E-state index contributed by atoms with van der Waals surface area (Å²) in [5.41, 5.74) is 9.29. The molecule has 6 rings (SSSR count). The molecule has 262 valence electrons. The Kier molecular flexibility index (Phi) is 12.9. The van der Waals surface area contributed by atoms with Crippen LogP contribution in [0.25, 0.3) is 6.20 Å². The summed E-state index contributed by atoms with van der Waals surface area (Å²) in [4.78, 5) is 4.21. The lowest BCUT2D eigenvalue weighted by atomic mass is 9.83. The van der Waals surface area contributed by atoms with Gasteiger partial charge in [-0.1, -0.05) is 27.7 Å². The largest absolute Gasteiger partial charge is 0.265 e. The molecular weight excluding hydrogens is 633 g/mol. The zero-order valence-corrected chi connectivity index (χ0v) is 31.5. The van der Waals surface area contributed by atoms with Crippen molar-refractivity contribution in [2.45, 2.75) is 96.6 Å². The molecule has 4 aromatic rings. The highest BCUT2D eigenvalue weighted by atomic mass is 14.9. The lowest BCUT2D eigenvalue weighted by Gasteiger charge is -2.22. The third-order valence-corrected chi connectivity index (χ3v) is 10.8. The minimum absolute atomic E-state index is 0.485. The first-order chi connectivity index (χ1) is 25.5. The van der Waals surface area contributed by atoms with E-state index in [1.54, 1.807) is 0 Å². The van der Waals surface area contributed by atoms with E-state index < -0.39 is 0 Å². The van der Waals surface area contributed by atoms with Crippen LogP contribution >= 0.6 is 0 Å². The Balaban J connectivity index is 0.996. The monoisotopic (exact) mass is 687 g/mol. The first-order valence-electron chi connectivity index (χ1n) is 19.3. The van der Waals surface area contributed by atoms with Gasteiger partial charge in [0.05, 0.1) is 18.2 Å². The fourth-order valence-corrected chi connectivity index (χ4v) is 7.52. The van der Waals surface area contributed by atoms with Crippen LogP contribution in [0, 0.1) is 12.5 Å². The van der Waals surface area contributed by atoms with Crippen LogP contribution in [0.5, 0.6) is 0 Å². The van der Waals surface area contributed by atoms with Gasteiger partial charge in [0.25, 0.3) is 6.20 Å². The van der Waals surface area contributed by atoms with E-state index in [1.807, 2.05) is 12.4 Å². The van der Waals surface area contributed by atoms with Gasteiger partial charge in [0.15, 0.2) is 48.3 Å². The van der Waals surface area contributed by atoms with E-state index in [9.17, 15) is 0 Å². The minimum atomic E-state index is 0.485. The molecule has 0 spiro atoms. The summed E-state index contributed by atoms with van der Waals surface area (Å²) in [7, 11) is 0. The molecular formula is C48H55N4+5. The lowest BCUT2D eigenvalue weighted by Crippen LogP contribution is -2.34. The highest BCUT2D eigenvalue weighted by molar-refractivity contribution is 5.45. The Hall–Kier alpha value is -5.18. The lowest BCUT2D eigenvalue weighted by molar-refractivity contribution is -0.689. The van der Waals surface area contributed by atoms with E-state index in [-0.39, 0.29) is 0 Å². The van der Waals surface area contributed by atoms with Gasteiger partial charge >= 0.3 is 0 Å². The van der Waals surface area contributed by atoms with Crippen LogP contribution in [0.3, 0.4) is 0 Å². The Bertz CT molecular complexity index is 1910. The molecule has 0 radical (unpaired) electrons. The molecule has 0 aromatic carbocycles. The molecule has 0 saturated heterocycles. The van der Waals surface area contributed by atoms with Crippen LogP contribution in [0.4, 0.5) is 0 Å². The Morgan fingerprint density at radius 1 is 0.654 bits per heavy atom. The molecule has 0 N–H and O–H groups in total. The molecule has 4 heterocycles. The molecule has 52 heavy (non-hydrogen) atoms. The van der Waals surface area contributed by atoms with Crippen molar-refractivity contribution in [2.75, 3.05) is 0 Å². The summed E-state index contributed by atoms with van der Waals surface area (Å²) in [6.45, 7) is 10.9. The van der Waals surface area contributed by atoms with E-state index in [0.717, 1.165) is 38.8 Å². The first kappa shape index (κ1) is 36.6. The van der Waals surface area contributed by atoms with E-state index in [0.29, 0.717) is 23.7 Å². The average Bonchev–Trinajstić information content (AvgIpc) is 3.20. The van der Waals surface area contributed by atoms with Gasteiger partial charge in [-0.15, -0.1) is 4.57 Å². The fraction of sp³-hybridized carbons (Fsp3) is 0.312. The van der Waals surface area contributed by atoms with Crippen molar-refractivity contribution in [2.24, 2.45) is 0 Å². The maximum Gasteiger partial charge on any atom is 0.256 e. The Morgan fingerprint density at radius 3 is 1.79 bits per heavy atom. The molecule has 0 saturated carbocycles. The van der Waals surface area contributed by atoms with E-state index in [2.05, 4.69) is 193 Å². The van der Waals surface area contributed by atoms with Gasteiger partial charge in [-0.25, -0.2) is 0 Å². The molecule has 0 amide bonds. The summed E-state index contributed by atoms with van der Waals surface area (Å²) in [6, 6.07) is 18.1. The average molecular weight is 688 g/mol. The topological polar surface area (TPSA) is 24.5 Å². The Morgan fingerprint density at radius 2 is 1.23 bits per heavy atom. The van der Waals surface area contributed by atoms with Gasteiger partial charge in [0.1, 0.15) is 11.6 Å². The van der Waals surface area contributed by atoms with E-state index in [1.165, 1.54) is 45.4 Å². The Labute approximate surface area is 312 Å². The summed E-state index contributed by atoms with van der Waals surface area (Å²) in [6.07, 6.45) is 45.6. The predicted molar refractivity (Wildman–Crippen MR) is 212 cm³/mol. The molecule has 2 aliphatic carbocycles. The van der Waals surface area contributed by atoms with Gasteiger partial charge in [-0.05, 0) is 90.2 Å². The molecule has 4 heteroatoms. The molecule has 4 nitrogen and oxygen atoms in total. The van der Waals surface area contributed by atoms with Gasteiger partial charge in [-0.2, -0.15) is 9.13 Å². The second-order valence-corrected chi connectivity index (χ2v) is 14.4. The molecule has 0 fully saturated rings. The standard InChI is InChI=1S/C48H55N4/c1-5-42(33-38(4)45-19-27-50(28-20-45)35-39-11-9-8-10-12-39)47-21-29-51(30-22-47)36-40-13-15-41(16-14-40)37-52-31-23-48(24-32-52)44(7-3)34-43(6-2)46-17-25-49-26-18-46/h8-15,17-32,35,38,42-44H,5-7,33-34,36-37H2,1-4H3/q+5. The number of hydrogen-bond donors (Lipinski definition) is 0. The van der Waals surface area contributed by atoms with Crippen LogP contribution in [0.15, 0.2) is 157 Å². The first-order valence-corrected chi connectivity index (χ1v) is 19.3. The molecule has 2 aliphatic rings. The maximum atomic E-state index is 4.21. The highest BCUT2D eigenvalue weighted by Crippen LogP contribution is 2.34. The molecule has 4 aromatic heterocycles. The van der Waals surface area contributed by atoms with Gasteiger partial charge in [-0.3, -0.25) is 4.98 Å². The van der Waals surface area contributed by atoms with Gasteiger partial charge < -0.3 is 0 Å². The highest BCUT2D eigenvalue weighted by Gasteiger charge is 2.22. The summed E-state index contributed by atoms with van der Waals surface area (Å²) < 4.78 is 6.67. The van der Waals surface area contributed by atoms with Crippen LogP contribution in [0.2, 0.25) is 0 Å². The number of pyridine rings is 4. The zero-order chi connectivity index (χ0) is 36.1. The minimum Gasteiger partial charge on any atom is -0.265 e. The van der Waals surface area contributed by atoms with Crippen molar-refractivity contribution in [1.82, 2.24) is 4.98 Å². The van der Waals surface area contributed by atoms with Crippen molar-refractivity contribution in [1.29, 1.82) is 0 Å². The number of rotatable bonds is 16. The van der Waals surface area contributed by atoms with Gasteiger partial charge in [0, 0.05) is 79.5 Å². The van der Waals surface area contributed by atoms with Crippen molar-refractivity contribution in [3.8, 4) is 0 Å². The van der Waals surface area contributed by atoms with Crippen LogP contribution in [-0.4, -0.2) is 4.98 Å². The molecule has 4 atom stereocenters. The maximum absolute atomic E-state index is 4.21. The van der Waals surface area contributed by atoms with Crippen molar-refractivity contribution in [3.63, 3.8) is 0 Å². The van der Waals surface area contributed by atoms with E-state index in [4.69, 9.17) is 0 Å². The molecule has 4 unspecified atom stereocenters. The number of allylic oxidation sites excluding steroid dienone is 11. The summed E-state index contributed by atoms with van der Waals surface area (Å²) in [5, 5.41) is 0. The quantitative estimate of drug-likeness (QED) is 0.0851. The predicted octanol–water partition coefficient (Wildman–Crippen LogP) is 9.81. The second kappa shape index (κ2) is 18.4. The second-order valence-electron chi connectivity index (χ2n) is 14.4. The van der Waals surface area contributed by atoms with Crippen molar-refractivity contribution in [3.05, 3.63) is 192 Å². The zero-order valence-electron chi connectivity index (χ0n) is 31.5. The van der Waals surface area contributed by atoms with Gasteiger partial charge in [0.2, 0.25) is 13.1 Å². The third-order valence-electron chi connectivity index (χ3n) is 10.8. The summed E-state index contributed by atoms with van der Waals surface area (Å²) >= 11 is 0. The number of nitrogens with zero attached hydrogens (tertiary/aromatic N) is 4. The summed E-state index contributed by atoms with van der Waals surface area (Å²) in [5.74, 6) is 2.12. The molecule has 0 bridgehead atoms. The van der Waals surface area contributed by atoms with Crippen molar-refractivity contribution < 1.29 is 13.7 Å². The van der Waals surface area contributed by atoms with Crippen LogP contribution in [-0.2, 0) is 13.1 Å². The van der Waals surface area contributed by atoms with Crippen LogP contribution in [0.1, 0.15) is 106 Å². The number of hydrogen-bond acceptors (Lipinski definition) is 1. The SMILES string of the molecule is CCC(CC(C)c1cc[n+](/C=C2/C=CC=C[CH+]2)cc1)c1cc[n+](CC2=C[C+]=C(C[n+]3ccc(C(CC)CC(CC)c4ccncc4)cc3)C=C2)cc1. The van der Waals surface area contributed by atoms with Crippen LogP contribution < -0.4 is 13.7 Å². The smallest absolute Gasteiger partial charge is 0.256 e. The molecule has 0 aliphatic heterocycles. The third kappa shape index (κ3) is 9.99. The normalized spacial score (nSPS) is 16.7.